The first kappa shape index (κ1) is 16.8. The van der Waals surface area contributed by atoms with Gasteiger partial charge in [0.05, 0.1) is 12.1 Å². The van der Waals surface area contributed by atoms with Gasteiger partial charge < -0.3 is 5.32 Å². The van der Waals surface area contributed by atoms with Gasteiger partial charge in [-0.15, -0.1) is 11.3 Å². The summed E-state index contributed by atoms with van der Waals surface area (Å²) in [7, 11) is 0. The van der Waals surface area contributed by atoms with Gasteiger partial charge in [-0.1, -0.05) is 29.3 Å². The highest BCUT2D eigenvalue weighted by molar-refractivity contribution is 7.13. The van der Waals surface area contributed by atoms with E-state index in [1.54, 1.807) is 36.7 Å². The van der Waals surface area contributed by atoms with Crippen LogP contribution in [-0.4, -0.2) is 20.9 Å². The largest absolute Gasteiger partial charge is 0.352 e. The van der Waals surface area contributed by atoms with Crippen molar-refractivity contribution >= 4 is 40.4 Å². The second kappa shape index (κ2) is 7.70. The minimum Gasteiger partial charge on any atom is -0.352 e. The molecule has 8 heteroatoms. The molecule has 122 valence electrons. The number of carbonyl (C=O) groups excluding carboxylic acids is 1. The van der Waals surface area contributed by atoms with Crippen LogP contribution in [0.2, 0.25) is 10.0 Å². The van der Waals surface area contributed by atoms with Crippen molar-refractivity contribution in [1.82, 2.24) is 20.3 Å². The van der Waals surface area contributed by atoms with Crippen LogP contribution >= 0.6 is 34.5 Å². The van der Waals surface area contributed by atoms with Crippen LogP contribution in [0.3, 0.4) is 0 Å². The molecule has 2 aromatic heterocycles. The van der Waals surface area contributed by atoms with Crippen LogP contribution in [-0.2, 0) is 17.8 Å². The highest BCUT2D eigenvalue weighted by Gasteiger charge is 2.11. The highest BCUT2D eigenvalue weighted by Crippen LogP contribution is 2.21. The van der Waals surface area contributed by atoms with Gasteiger partial charge in [0.15, 0.2) is 10.8 Å². The molecule has 0 saturated heterocycles. The predicted octanol–water partition coefficient (Wildman–Crippen LogP) is 3.77. The lowest BCUT2D eigenvalue weighted by Crippen LogP contribution is -2.24. The molecular formula is C16H12Cl2N4OS. The van der Waals surface area contributed by atoms with Crippen LogP contribution in [0.4, 0.5) is 0 Å². The van der Waals surface area contributed by atoms with E-state index in [1.807, 2.05) is 5.38 Å². The van der Waals surface area contributed by atoms with Crippen molar-refractivity contribution in [2.45, 2.75) is 13.0 Å². The fourth-order valence-corrected chi connectivity index (χ4v) is 3.23. The summed E-state index contributed by atoms with van der Waals surface area (Å²) >= 11 is 13.3. The van der Waals surface area contributed by atoms with Gasteiger partial charge in [0.25, 0.3) is 0 Å². The number of hydrogen-bond donors (Lipinski definition) is 1. The molecule has 0 bridgehead atoms. The van der Waals surface area contributed by atoms with Gasteiger partial charge in [-0.2, -0.15) is 0 Å². The number of rotatable bonds is 5. The molecule has 0 fully saturated rings. The van der Waals surface area contributed by atoms with Crippen molar-refractivity contribution in [2.24, 2.45) is 0 Å². The van der Waals surface area contributed by atoms with Crippen LogP contribution in [0.5, 0.6) is 0 Å². The molecule has 0 unspecified atom stereocenters. The average Bonchev–Trinajstić information content (AvgIpc) is 3.03. The third-order valence-corrected chi connectivity index (χ3v) is 4.62. The lowest BCUT2D eigenvalue weighted by atomic mass is 10.2. The maximum absolute atomic E-state index is 12.1. The Labute approximate surface area is 152 Å². The minimum absolute atomic E-state index is 0.133. The Morgan fingerprint density at radius 2 is 2.00 bits per heavy atom. The maximum Gasteiger partial charge on any atom is 0.226 e. The fourth-order valence-electron chi connectivity index (χ4n) is 1.99. The molecule has 0 saturated carbocycles. The molecule has 0 aliphatic rings. The number of carbonyl (C=O) groups is 1. The molecule has 0 atom stereocenters. The topological polar surface area (TPSA) is 67.8 Å². The number of amides is 1. The number of thiazole rings is 1. The van der Waals surface area contributed by atoms with Crippen molar-refractivity contribution in [2.75, 3.05) is 0 Å². The predicted molar refractivity (Wildman–Crippen MR) is 95.2 cm³/mol. The quantitative estimate of drug-likeness (QED) is 0.733. The van der Waals surface area contributed by atoms with E-state index in [1.165, 1.54) is 11.3 Å². The second-order valence-corrected chi connectivity index (χ2v) is 6.61. The maximum atomic E-state index is 12.1. The molecule has 24 heavy (non-hydrogen) atoms. The normalized spacial score (nSPS) is 10.6. The van der Waals surface area contributed by atoms with E-state index >= 15 is 0 Å². The van der Waals surface area contributed by atoms with Gasteiger partial charge in [0, 0.05) is 34.4 Å². The first-order valence-electron chi connectivity index (χ1n) is 7.04. The molecule has 0 radical (unpaired) electrons. The standard InChI is InChI=1S/C16H12Cl2N4OS/c17-11-3-2-10(13(18)6-11)8-21-14(23)7-12-9-24-16(22-12)15-19-4-1-5-20-15/h1-6,9H,7-8H2,(H,21,23). The SMILES string of the molecule is O=C(Cc1csc(-c2ncccn2)n1)NCc1ccc(Cl)cc1Cl. The third kappa shape index (κ3) is 4.29. The van der Waals surface area contributed by atoms with Crippen molar-refractivity contribution in [3.8, 4) is 10.8 Å². The van der Waals surface area contributed by atoms with Crippen LogP contribution in [0.15, 0.2) is 42.0 Å². The Bertz CT molecular complexity index is 854. The lowest BCUT2D eigenvalue weighted by Gasteiger charge is -2.06. The van der Waals surface area contributed by atoms with Crippen LogP contribution in [0.25, 0.3) is 10.8 Å². The summed E-state index contributed by atoms with van der Waals surface area (Å²) in [5.74, 6) is 0.425. The molecule has 1 amide bonds. The monoisotopic (exact) mass is 378 g/mol. The molecular weight excluding hydrogens is 367 g/mol. The Morgan fingerprint density at radius 3 is 2.75 bits per heavy atom. The van der Waals surface area contributed by atoms with Crippen LogP contribution < -0.4 is 5.32 Å². The van der Waals surface area contributed by atoms with Crippen LogP contribution in [0.1, 0.15) is 11.3 Å². The molecule has 3 aromatic rings. The van der Waals surface area contributed by atoms with E-state index in [4.69, 9.17) is 23.2 Å². The average molecular weight is 379 g/mol. The van der Waals surface area contributed by atoms with Gasteiger partial charge in [-0.25, -0.2) is 15.0 Å². The van der Waals surface area contributed by atoms with Crippen molar-refractivity contribution in [3.63, 3.8) is 0 Å². The zero-order valence-corrected chi connectivity index (χ0v) is 14.7. The first-order valence-corrected chi connectivity index (χ1v) is 8.68. The Balaban J connectivity index is 1.58. The zero-order valence-electron chi connectivity index (χ0n) is 12.4. The zero-order chi connectivity index (χ0) is 16.9. The Hall–Kier alpha value is -2.02. The molecule has 2 heterocycles. The third-order valence-electron chi connectivity index (χ3n) is 3.14. The minimum atomic E-state index is -0.133. The van der Waals surface area contributed by atoms with Crippen molar-refractivity contribution in [1.29, 1.82) is 0 Å². The van der Waals surface area contributed by atoms with Gasteiger partial charge in [-0.05, 0) is 23.8 Å². The van der Waals surface area contributed by atoms with Gasteiger partial charge in [0.1, 0.15) is 0 Å². The number of nitrogens with one attached hydrogen (secondary N) is 1. The lowest BCUT2D eigenvalue weighted by molar-refractivity contribution is -0.120. The van der Waals surface area contributed by atoms with E-state index in [-0.39, 0.29) is 12.3 Å². The summed E-state index contributed by atoms with van der Waals surface area (Å²) in [6, 6.07) is 6.92. The number of benzene rings is 1. The number of aromatic nitrogens is 3. The fraction of sp³-hybridized carbons (Fsp3) is 0.125. The Kier molecular flexibility index (Phi) is 5.40. The van der Waals surface area contributed by atoms with E-state index in [0.29, 0.717) is 33.1 Å². The summed E-state index contributed by atoms with van der Waals surface area (Å²) in [5.41, 5.74) is 1.49. The summed E-state index contributed by atoms with van der Waals surface area (Å²) in [4.78, 5) is 24.7. The van der Waals surface area contributed by atoms with Crippen LogP contribution in [0, 0.1) is 0 Å². The van der Waals surface area contributed by atoms with Crippen molar-refractivity contribution < 1.29 is 4.79 Å². The van der Waals surface area contributed by atoms with Crippen molar-refractivity contribution in [3.05, 3.63) is 63.3 Å². The van der Waals surface area contributed by atoms with E-state index in [9.17, 15) is 4.79 Å². The van der Waals surface area contributed by atoms with Gasteiger partial charge in [0.2, 0.25) is 5.91 Å². The number of hydrogen-bond acceptors (Lipinski definition) is 5. The molecule has 0 spiro atoms. The summed E-state index contributed by atoms with van der Waals surface area (Å²) in [5, 5.41) is 6.44. The second-order valence-electron chi connectivity index (χ2n) is 4.91. The Morgan fingerprint density at radius 1 is 1.21 bits per heavy atom. The summed E-state index contributed by atoms with van der Waals surface area (Å²) < 4.78 is 0. The summed E-state index contributed by atoms with van der Waals surface area (Å²) in [6.45, 7) is 0.341. The molecule has 0 aliphatic carbocycles. The number of halogens is 2. The molecule has 1 aromatic carbocycles. The molecule has 5 nitrogen and oxygen atoms in total. The van der Waals surface area contributed by atoms with Gasteiger partial charge in [-0.3, -0.25) is 4.79 Å². The molecule has 3 rings (SSSR count). The first-order chi connectivity index (χ1) is 11.6. The van der Waals surface area contributed by atoms with E-state index in [2.05, 4.69) is 20.3 Å². The summed E-state index contributed by atoms with van der Waals surface area (Å²) in [6.07, 6.45) is 3.51. The molecule has 0 aliphatic heterocycles. The van der Waals surface area contributed by atoms with E-state index < -0.39 is 0 Å². The smallest absolute Gasteiger partial charge is 0.226 e. The number of nitrogens with zero attached hydrogens (tertiary/aromatic N) is 3. The van der Waals surface area contributed by atoms with E-state index in [0.717, 1.165) is 5.56 Å². The highest BCUT2D eigenvalue weighted by atomic mass is 35.5. The van der Waals surface area contributed by atoms with Gasteiger partial charge >= 0.3 is 0 Å². The molecule has 1 N–H and O–H groups in total.